The van der Waals surface area contributed by atoms with E-state index in [1.807, 2.05) is 17.5 Å². The van der Waals surface area contributed by atoms with E-state index in [1.165, 1.54) is 0 Å². The number of ether oxygens (including phenoxy) is 1. The van der Waals surface area contributed by atoms with E-state index in [2.05, 4.69) is 25.9 Å². The Hall–Kier alpha value is -0.560. The Balaban J connectivity index is 2.53. The Morgan fingerprint density at radius 2 is 2.44 bits per heavy atom. The fourth-order valence-electron chi connectivity index (χ4n) is 1.28. The molecule has 0 bridgehead atoms. The zero-order valence-electron chi connectivity index (χ0n) is 8.49. The van der Waals surface area contributed by atoms with Gasteiger partial charge in [-0.05, 0) is 27.4 Å². The monoisotopic (exact) mass is 316 g/mol. The maximum atomic E-state index is 5.19. The summed E-state index contributed by atoms with van der Waals surface area (Å²) in [6.07, 6.45) is 0. The lowest BCUT2D eigenvalue weighted by Crippen LogP contribution is -1.99. The van der Waals surface area contributed by atoms with E-state index in [1.54, 1.807) is 18.4 Å². The Morgan fingerprint density at radius 1 is 1.62 bits per heavy atom. The van der Waals surface area contributed by atoms with Gasteiger partial charge in [-0.2, -0.15) is 0 Å². The van der Waals surface area contributed by atoms with Crippen LogP contribution >= 0.6 is 39.5 Å². The Labute approximate surface area is 111 Å². The molecule has 0 saturated carbocycles. The minimum atomic E-state index is 0.477. The van der Waals surface area contributed by atoms with Gasteiger partial charge in [-0.1, -0.05) is 18.3 Å². The van der Waals surface area contributed by atoms with Gasteiger partial charge in [-0.3, -0.25) is 0 Å². The van der Waals surface area contributed by atoms with Crippen LogP contribution in [0.15, 0.2) is 22.0 Å². The molecule has 0 aromatic carbocycles. The summed E-state index contributed by atoms with van der Waals surface area (Å²) in [4.78, 5) is 8.61. The van der Waals surface area contributed by atoms with Crippen molar-refractivity contribution < 1.29 is 4.74 Å². The molecule has 2 aromatic rings. The van der Waals surface area contributed by atoms with E-state index >= 15 is 0 Å². The van der Waals surface area contributed by atoms with Crippen molar-refractivity contribution in [3.05, 3.63) is 32.3 Å². The van der Waals surface area contributed by atoms with Crippen molar-refractivity contribution in [3.63, 3.8) is 0 Å². The molecule has 16 heavy (non-hydrogen) atoms. The fourth-order valence-corrected chi connectivity index (χ4v) is 2.47. The number of hydrogen-bond donors (Lipinski definition) is 1. The van der Waals surface area contributed by atoms with E-state index in [9.17, 15) is 0 Å². The highest BCUT2D eigenvalue weighted by Crippen LogP contribution is 2.24. The topological polar surface area (TPSA) is 37.9 Å². The predicted molar refractivity (Wildman–Crippen MR) is 71.1 cm³/mol. The molecule has 0 saturated heterocycles. The Morgan fingerprint density at radius 3 is 3.06 bits per heavy atom. The quantitative estimate of drug-likeness (QED) is 0.876. The lowest BCUT2D eigenvalue weighted by molar-refractivity contribution is 0.181. The van der Waals surface area contributed by atoms with Crippen LogP contribution in [0.4, 0.5) is 0 Å². The molecule has 0 radical (unpaired) electrons. The lowest BCUT2D eigenvalue weighted by Gasteiger charge is -2.06. The molecule has 0 unspecified atom stereocenters. The molecule has 0 spiro atoms. The van der Waals surface area contributed by atoms with Crippen LogP contribution in [0, 0.1) is 4.64 Å². The molecular weight excluding hydrogens is 308 g/mol. The highest BCUT2D eigenvalue weighted by molar-refractivity contribution is 9.10. The van der Waals surface area contributed by atoms with Crippen LogP contribution < -0.4 is 0 Å². The van der Waals surface area contributed by atoms with E-state index in [0.717, 1.165) is 20.9 Å². The number of hydrogen-bond acceptors (Lipinski definition) is 4. The van der Waals surface area contributed by atoms with Crippen molar-refractivity contribution in [3.8, 4) is 10.7 Å². The normalized spacial score (nSPS) is 10.6. The van der Waals surface area contributed by atoms with Crippen molar-refractivity contribution in [1.29, 1.82) is 0 Å². The van der Waals surface area contributed by atoms with Gasteiger partial charge in [0.1, 0.15) is 10.5 Å². The summed E-state index contributed by atoms with van der Waals surface area (Å²) in [6, 6.07) is 3.99. The molecule has 0 amide bonds. The number of H-pyrrole nitrogens is 1. The third-order valence-corrected chi connectivity index (χ3v) is 4.27. The molecule has 3 nitrogen and oxygen atoms in total. The predicted octanol–water partition coefficient (Wildman–Crippen LogP) is 3.78. The molecule has 2 rings (SSSR count). The second-order valence-electron chi connectivity index (χ2n) is 3.09. The first-order valence-electron chi connectivity index (χ1n) is 4.54. The summed E-state index contributed by atoms with van der Waals surface area (Å²) in [6.45, 7) is 0.477. The number of halogens is 1. The molecule has 0 aliphatic heterocycles. The summed E-state index contributed by atoms with van der Waals surface area (Å²) in [5, 5.41) is 2.01. The number of rotatable bonds is 3. The van der Waals surface area contributed by atoms with Crippen LogP contribution in [0.25, 0.3) is 10.7 Å². The highest BCUT2D eigenvalue weighted by atomic mass is 79.9. The largest absolute Gasteiger partial charge is 0.378 e. The number of nitrogens with zero attached hydrogens (tertiary/aromatic N) is 1. The molecule has 2 aromatic heterocycles. The van der Waals surface area contributed by atoms with Gasteiger partial charge in [-0.15, -0.1) is 11.3 Å². The van der Waals surface area contributed by atoms with Crippen molar-refractivity contribution >= 4 is 39.5 Å². The fraction of sp³-hybridized carbons (Fsp3) is 0.200. The van der Waals surface area contributed by atoms with E-state index < -0.39 is 0 Å². The van der Waals surface area contributed by atoms with Crippen molar-refractivity contribution in [2.75, 3.05) is 7.11 Å². The van der Waals surface area contributed by atoms with Gasteiger partial charge in [0.25, 0.3) is 0 Å². The van der Waals surface area contributed by atoms with E-state index in [4.69, 9.17) is 17.0 Å². The van der Waals surface area contributed by atoms with E-state index in [-0.39, 0.29) is 0 Å². The summed E-state index contributed by atoms with van der Waals surface area (Å²) in [5.41, 5.74) is 0.908. The minimum Gasteiger partial charge on any atom is -0.378 e. The minimum absolute atomic E-state index is 0.477. The van der Waals surface area contributed by atoms with Crippen LogP contribution in [-0.4, -0.2) is 17.1 Å². The molecule has 0 atom stereocenters. The van der Waals surface area contributed by atoms with Gasteiger partial charge in [0.05, 0.1) is 21.7 Å². The molecule has 0 aliphatic rings. The van der Waals surface area contributed by atoms with Crippen LogP contribution in [0.3, 0.4) is 0 Å². The van der Waals surface area contributed by atoms with Gasteiger partial charge < -0.3 is 9.72 Å². The Bertz CT molecular complexity index is 536. The molecule has 6 heteroatoms. The zero-order chi connectivity index (χ0) is 11.5. The third kappa shape index (κ3) is 2.40. The van der Waals surface area contributed by atoms with Crippen molar-refractivity contribution in [1.82, 2.24) is 9.97 Å². The third-order valence-electron chi connectivity index (χ3n) is 1.98. The van der Waals surface area contributed by atoms with Gasteiger partial charge in [0, 0.05) is 7.11 Å². The molecule has 0 aliphatic carbocycles. The maximum Gasteiger partial charge on any atom is 0.149 e. The van der Waals surface area contributed by atoms with E-state index in [0.29, 0.717) is 11.2 Å². The molecular formula is C10H9BrN2OS2. The zero-order valence-corrected chi connectivity index (χ0v) is 11.7. The van der Waals surface area contributed by atoms with Crippen LogP contribution in [0.1, 0.15) is 5.69 Å². The van der Waals surface area contributed by atoms with Gasteiger partial charge in [0.15, 0.2) is 0 Å². The number of thiophene rings is 1. The second-order valence-corrected chi connectivity index (χ2v) is 5.22. The standard InChI is InChI=1S/C10H9BrN2OS2/c1-14-5-6-8(11)10(15)13-9(12-6)7-3-2-4-16-7/h2-4H,5H2,1H3,(H,12,13,15). The maximum absolute atomic E-state index is 5.19. The average molecular weight is 317 g/mol. The molecule has 2 heterocycles. The van der Waals surface area contributed by atoms with Crippen molar-refractivity contribution in [2.45, 2.75) is 6.61 Å². The number of methoxy groups -OCH3 is 1. The van der Waals surface area contributed by atoms with Gasteiger partial charge in [-0.25, -0.2) is 4.98 Å². The van der Waals surface area contributed by atoms with Crippen LogP contribution in [0.5, 0.6) is 0 Å². The van der Waals surface area contributed by atoms with Crippen LogP contribution in [0.2, 0.25) is 0 Å². The summed E-state index contributed by atoms with van der Waals surface area (Å²) >= 11 is 10.2. The number of aromatic nitrogens is 2. The Kier molecular flexibility index (Phi) is 3.86. The smallest absolute Gasteiger partial charge is 0.149 e. The lowest BCUT2D eigenvalue weighted by atomic mass is 10.4. The number of nitrogens with one attached hydrogen (secondary N) is 1. The molecule has 0 fully saturated rings. The van der Waals surface area contributed by atoms with Gasteiger partial charge >= 0.3 is 0 Å². The first kappa shape index (κ1) is 11.9. The first-order valence-corrected chi connectivity index (χ1v) is 6.62. The first-order chi connectivity index (χ1) is 7.72. The van der Waals surface area contributed by atoms with Crippen molar-refractivity contribution in [2.24, 2.45) is 0 Å². The summed E-state index contributed by atoms with van der Waals surface area (Å²) in [7, 11) is 1.65. The SMILES string of the molecule is COCc1[nH]c(-c2cccs2)nc(=S)c1Br. The average Bonchev–Trinajstić information content (AvgIpc) is 2.78. The summed E-state index contributed by atoms with van der Waals surface area (Å²) in [5.74, 6) is 0.787. The highest BCUT2D eigenvalue weighted by Gasteiger charge is 2.08. The summed E-state index contributed by atoms with van der Waals surface area (Å²) < 4.78 is 6.45. The van der Waals surface area contributed by atoms with Crippen LogP contribution in [-0.2, 0) is 11.3 Å². The second kappa shape index (κ2) is 5.18. The molecule has 84 valence electrons. The number of aromatic amines is 1. The molecule has 1 N–H and O–H groups in total. The van der Waals surface area contributed by atoms with Gasteiger partial charge in [0.2, 0.25) is 0 Å².